The zero-order valence-electron chi connectivity index (χ0n) is 16.2. The molecule has 1 heterocycles. The fraction of sp³-hybridized carbons (Fsp3) is 0.167. The van der Waals surface area contributed by atoms with E-state index in [0.717, 1.165) is 22.6 Å². The molecule has 4 rings (SSSR count). The van der Waals surface area contributed by atoms with Crippen LogP contribution < -0.4 is 15.0 Å². The lowest BCUT2D eigenvalue weighted by Crippen LogP contribution is -2.48. The molecule has 0 spiro atoms. The van der Waals surface area contributed by atoms with Gasteiger partial charge < -0.3 is 10.1 Å². The second-order valence-corrected chi connectivity index (χ2v) is 6.96. The number of fused-ring (bicyclic) bond motifs is 1. The van der Waals surface area contributed by atoms with Crippen LogP contribution in [-0.2, 0) is 17.8 Å². The van der Waals surface area contributed by atoms with Crippen molar-refractivity contribution in [3.8, 4) is 5.75 Å². The van der Waals surface area contributed by atoms with Gasteiger partial charge in [0.2, 0.25) is 5.91 Å². The van der Waals surface area contributed by atoms with E-state index in [1.165, 1.54) is 0 Å². The van der Waals surface area contributed by atoms with E-state index in [2.05, 4.69) is 5.32 Å². The number of nitrogens with one attached hydrogen (secondary N) is 1. The first-order valence-electron chi connectivity index (χ1n) is 9.54. The average Bonchev–Trinajstić information content (AvgIpc) is 3.17. The van der Waals surface area contributed by atoms with Gasteiger partial charge in [-0.15, -0.1) is 0 Å². The van der Waals surface area contributed by atoms with Crippen LogP contribution in [0.4, 0.5) is 5.69 Å². The summed E-state index contributed by atoms with van der Waals surface area (Å²) in [6.07, 6.45) is 0.499. The SMILES string of the molecule is COc1cccc(CNC(=O)[C@@H]2Cc3ccccc3N2C(=O)c2ccccc2)c1. The second kappa shape index (κ2) is 8.19. The molecule has 3 aromatic carbocycles. The van der Waals surface area contributed by atoms with E-state index in [-0.39, 0.29) is 11.8 Å². The molecule has 0 aliphatic carbocycles. The molecule has 5 nitrogen and oxygen atoms in total. The van der Waals surface area contributed by atoms with Gasteiger partial charge in [-0.25, -0.2) is 0 Å². The van der Waals surface area contributed by atoms with Crippen molar-refractivity contribution in [1.29, 1.82) is 0 Å². The predicted molar refractivity (Wildman–Crippen MR) is 112 cm³/mol. The van der Waals surface area contributed by atoms with Crippen molar-refractivity contribution in [2.45, 2.75) is 19.0 Å². The minimum atomic E-state index is -0.578. The number of nitrogens with zero attached hydrogens (tertiary/aromatic N) is 1. The normalized spacial score (nSPS) is 14.9. The highest BCUT2D eigenvalue weighted by Gasteiger charge is 2.38. The van der Waals surface area contributed by atoms with Crippen LogP contribution in [0.1, 0.15) is 21.5 Å². The molecule has 5 heteroatoms. The predicted octanol–water partition coefficient (Wildman–Crippen LogP) is 3.58. The molecule has 0 fully saturated rings. The largest absolute Gasteiger partial charge is 0.497 e. The van der Waals surface area contributed by atoms with Crippen molar-refractivity contribution in [3.05, 3.63) is 95.6 Å². The van der Waals surface area contributed by atoms with Crippen LogP contribution in [0.3, 0.4) is 0 Å². The number of methoxy groups -OCH3 is 1. The number of carbonyl (C=O) groups excluding carboxylic acids is 2. The van der Waals surface area contributed by atoms with Crippen molar-refractivity contribution >= 4 is 17.5 Å². The summed E-state index contributed by atoms with van der Waals surface area (Å²) >= 11 is 0. The molecule has 0 radical (unpaired) electrons. The minimum Gasteiger partial charge on any atom is -0.497 e. The Labute approximate surface area is 169 Å². The Morgan fingerprint density at radius 1 is 1.00 bits per heavy atom. The average molecular weight is 386 g/mol. The second-order valence-electron chi connectivity index (χ2n) is 6.96. The van der Waals surface area contributed by atoms with Gasteiger partial charge in [0, 0.05) is 24.2 Å². The Balaban J connectivity index is 1.56. The van der Waals surface area contributed by atoms with Gasteiger partial charge in [-0.05, 0) is 41.5 Å². The number of carbonyl (C=O) groups is 2. The van der Waals surface area contributed by atoms with E-state index in [9.17, 15) is 9.59 Å². The highest BCUT2D eigenvalue weighted by molar-refractivity contribution is 6.11. The number of anilines is 1. The number of amides is 2. The summed E-state index contributed by atoms with van der Waals surface area (Å²) in [5, 5.41) is 2.97. The maximum absolute atomic E-state index is 13.2. The van der Waals surface area contributed by atoms with Crippen LogP contribution in [0.2, 0.25) is 0 Å². The summed E-state index contributed by atoms with van der Waals surface area (Å²) in [6.45, 7) is 0.371. The van der Waals surface area contributed by atoms with Gasteiger partial charge in [0.15, 0.2) is 0 Å². The van der Waals surface area contributed by atoms with Gasteiger partial charge in [-0.1, -0.05) is 48.5 Å². The Morgan fingerprint density at radius 2 is 1.76 bits per heavy atom. The third kappa shape index (κ3) is 3.85. The van der Waals surface area contributed by atoms with Gasteiger partial charge in [0.25, 0.3) is 5.91 Å². The number of para-hydroxylation sites is 1. The number of ether oxygens (including phenoxy) is 1. The van der Waals surface area contributed by atoms with Crippen LogP contribution >= 0.6 is 0 Å². The summed E-state index contributed by atoms with van der Waals surface area (Å²) < 4.78 is 5.24. The third-order valence-corrected chi connectivity index (χ3v) is 5.12. The Bertz CT molecular complexity index is 1030. The van der Waals surface area contributed by atoms with Crippen molar-refractivity contribution in [3.63, 3.8) is 0 Å². The molecule has 29 heavy (non-hydrogen) atoms. The van der Waals surface area contributed by atoms with Crippen molar-refractivity contribution in [2.24, 2.45) is 0 Å². The van der Waals surface area contributed by atoms with Crippen LogP contribution in [0.5, 0.6) is 5.75 Å². The van der Waals surface area contributed by atoms with E-state index in [0.29, 0.717) is 18.5 Å². The van der Waals surface area contributed by atoms with Gasteiger partial charge >= 0.3 is 0 Å². The molecule has 1 aliphatic rings. The van der Waals surface area contributed by atoms with Crippen molar-refractivity contribution < 1.29 is 14.3 Å². The fourth-order valence-corrected chi connectivity index (χ4v) is 3.66. The first kappa shape index (κ1) is 18.7. The summed E-state index contributed by atoms with van der Waals surface area (Å²) in [7, 11) is 1.61. The highest BCUT2D eigenvalue weighted by atomic mass is 16.5. The molecule has 2 amide bonds. The molecule has 1 N–H and O–H groups in total. The lowest BCUT2D eigenvalue weighted by Gasteiger charge is -2.25. The molecule has 0 saturated carbocycles. The Hall–Kier alpha value is -3.60. The first-order valence-corrected chi connectivity index (χ1v) is 9.54. The molecule has 1 aliphatic heterocycles. The van der Waals surface area contributed by atoms with Gasteiger partial charge in [-0.3, -0.25) is 14.5 Å². The Kier molecular flexibility index (Phi) is 5.29. The molecular weight excluding hydrogens is 364 g/mol. The standard InChI is InChI=1S/C24H22N2O3/c1-29-20-12-7-8-17(14-20)16-25-23(27)22-15-19-11-5-6-13-21(19)26(22)24(28)18-9-3-2-4-10-18/h2-14,22H,15-16H2,1H3,(H,25,27)/t22-/m0/s1. The van der Waals surface area contributed by atoms with Crippen molar-refractivity contribution in [2.75, 3.05) is 12.0 Å². The molecule has 0 aromatic heterocycles. The van der Waals surface area contributed by atoms with E-state index >= 15 is 0 Å². The summed E-state index contributed by atoms with van der Waals surface area (Å²) in [4.78, 5) is 27.9. The smallest absolute Gasteiger partial charge is 0.259 e. The molecule has 0 bridgehead atoms. The maximum atomic E-state index is 13.2. The first-order chi connectivity index (χ1) is 14.2. The number of hydrogen-bond acceptors (Lipinski definition) is 3. The zero-order chi connectivity index (χ0) is 20.2. The van der Waals surface area contributed by atoms with Crippen LogP contribution in [0.25, 0.3) is 0 Å². The van der Waals surface area contributed by atoms with Gasteiger partial charge in [-0.2, -0.15) is 0 Å². The van der Waals surface area contributed by atoms with E-state index in [1.54, 1.807) is 24.1 Å². The molecule has 146 valence electrons. The minimum absolute atomic E-state index is 0.169. The quantitative estimate of drug-likeness (QED) is 0.729. The van der Waals surface area contributed by atoms with Crippen molar-refractivity contribution in [1.82, 2.24) is 5.32 Å². The monoisotopic (exact) mass is 386 g/mol. The van der Waals surface area contributed by atoms with Gasteiger partial charge in [0.05, 0.1) is 7.11 Å². The number of benzene rings is 3. The molecule has 0 saturated heterocycles. The van der Waals surface area contributed by atoms with Crippen LogP contribution in [0.15, 0.2) is 78.9 Å². The van der Waals surface area contributed by atoms with Crippen LogP contribution in [-0.4, -0.2) is 25.0 Å². The molecular formula is C24H22N2O3. The zero-order valence-corrected chi connectivity index (χ0v) is 16.2. The lowest BCUT2D eigenvalue weighted by molar-refractivity contribution is -0.122. The van der Waals surface area contributed by atoms with Gasteiger partial charge in [0.1, 0.15) is 11.8 Å². The summed E-state index contributed by atoms with van der Waals surface area (Å²) in [5.41, 5.74) is 3.30. The summed E-state index contributed by atoms with van der Waals surface area (Å²) in [6, 6.07) is 23.7. The number of rotatable bonds is 5. The van der Waals surface area contributed by atoms with E-state index in [1.807, 2.05) is 66.7 Å². The topological polar surface area (TPSA) is 58.6 Å². The maximum Gasteiger partial charge on any atom is 0.259 e. The fourth-order valence-electron chi connectivity index (χ4n) is 3.66. The van der Waals surface area contributed by atoms with E-state index in [4.69, 9.17) is 4.74 Å². The highest BCUT2D eigenvalue weighted by Crippen LogP contribution is 2.33. The Morgan fingerprint density at radius 3 is 2.55 bits per heavy atom. The molecule has 0 unspecified atom stereocenters. The lowest BCUT2D eigenvalue weighted by atomic mass is 10.1. The molecule has 3 aromatic rings. The van der Waals surface area contributed by atoms with Crippen LogP contribution in [0, 0.1) is 0 Å². The van der Waals surface area contributed by atoms with E-state index < -0.39 is 6.04 Å². The number of hydrogen-bond donors (Lipinski definition) is 1. The summed E-state index contributed by atoms with van der Waals surface area (Å²) in [5.74, 6) is 0.399. The third-order valence-electron chi connectivity index (χ3n) is 5.12. The molecule has 1 atom stereocenters.